The number of amides is 1. The summed E-state index contributed by atoms with van der Waals surface area (Å²) >= 11 is 0. The van der Waals surface area contributed by atoms with Crippen LogP contribution in [0.4, 0.5) is 4.79 Å². The van der Waals surface area contributed by atoms with Crippen LogP contribution in [0.15, 0.2) is 18.5 Å². The summed E-state index contributed by atoms with van der Waals surface area (Å²) in [4.78, 5) is 11.5. The van der Waals surface area contributed by atoms with Gasteiger partial charge in [-0.2, -0.15) is 0 Å². The van der Waals surface area contributed by atoms with Gasteiger partial charge in [0, 0.05) is 6.54 Å². The molecule has 0 radical (unpaired) electrons. The molecule has 0 unspecified atom stereocenters. The Morgan fingerprint density at radius 1 is 1.90 bits per heavy atom. The molecule has 0 aliphatic heterocycles. The maximum absolute atomic E-state index is 10.3. The summed E-state index contributed by atoms with van der Waals surface area (Å²) in [6.45, 7) is 5.69. The predicted molar refractivity (Wildman–Crippen MR) is 38.7 cm³/mol. The minimum Gasteiger partial charge on any atom is -0.465 e. The molecule has 0 aromatic heterocycles. The van der Waals surface area contributed by atoms with Gasteiger partial charge in [0.1, 0.15) is 0 Å². The topological polar surface area (TPSA) is 40.5 Å². The van der Waals surface area contributed by atoms with Crippen LogP contribution in [-0.2, 0) is 0 Å². The van der Waals surface area contributed by atoms with Crippen LogP contribution in [-0.4, -0.2) is 22.6 Å². The zero-order valence-corrected chi connectivity index (χ0v) is 6.00. The van der Waals surface area contributed by atoms with Gasteiger partial charge < -0.3 is 5.11 Å². The standard InChI is InChI=1S/C7H11NO2/c1-3-5-8(6-4-2)7(9)10/h5H,1,4,6H2,2H3,(H,9,10). The Hall–Kier alpha value is -1.21. The summed E-state index contributed by atoms with van der Waals surface area (Å²) in [6, 6.07) is 0. The Morgan fingerprint density at radius 3 is 2.80 bits per heavy atom. The normalized spacial score (nSPS) is 8.10. The van der Waals surface area contributed by atoms with Crippen LogP contribution >= 0.6 is 0 Å². The zero-order chi connectivity index (χ0) is 7.98. The van der Waals surface area contributed by atoms with Gasteiger partial charge in [-0.25, -0.2) is 4.79 Å². The predicted octanol–water partition coefficient (Wildman–Crippen LogP) is 1.68. The molecule has 3 heteroatoms. The third-order valence-corrected chi connectivity index (χ3v) is 0.957. The van der Waals surface area contributed by atoms with Crippen LogP contribution in [0, 0.1) is 0 Å². The van der Waals surface area contributed by atoms with E-state index in [4.69, 9.17) is 5.11 Å². The number of hydrogen-bond donors (Lipinski definition) is 1. The Morgan fingerprint density at radius 2 is 2.50 bits per heavy atom. The van der Waals surface area contributed by atoms with Gasteiger partial charge in [0.2, 0.25) is 0 Å². The smallest absolute Gasteiger partial charge is 0.411 e. The highest BCUT2D eigenvalue weighted by atomic mass is 16.4. The second-order valence-corrected chi connectivity index (χ2v) is 1.81. The fourth-order valence-electron chi connectivity index (χ4n) is 0.567. The number of nitrogens with zero attached hydrogens (tertiary/aromatic N) is 1. The molecular weight excluding hydrogens is 130 g/mol. The zero-order valence-electron chi connectivity index (χ0n) is 6.00. The van der Waals surface area contributed by atoms with Crippen molar-refractivity contribution in [3.8, 4) is 0 Å². The minimum absolute atomic E-state index is 0.498. The summed E-state index contributed by atoms with van der Waals surface area (Å²) in [5, 5.41) is 8.46. The molecule has 0 saturated carbocycles. The van der Waals surface area contributed by atoms with Crippen molar-refractivity contribution in [2.24, 2.45) is 0 Å². The lowest BCUT2D eigenvalue weighted by Crippen LogP contribution is -2.23. The van der Waals surface area contributed by atoms with Gasteiger partial charge >= 0.3 is 6.09 Å². The monoisotopic (exact) mass is 141 g/mol. The third-order valence-electron chi connectivity index (χ3n) is 0.957. The van der Waals surface area contributed by atoms with E-state index in [9.17, 15) is 4.79 Å². The molecule has 0 bridgehead atoms. The highest BCUT2D eigenvalue weighted by molar-refractivity contribution is 5.66. The molecule has 1 amide bonds. The van der Waals surface area contributed by atoms with E-state index in [1.165, 1.54) is 6.20 Å². The van der Waals surface area contributed by atoms with E-state index in [1.54, 1.807) is 0 Å². The van der Waals surface area contributed by atoms with Gasteiger partial charge in [-0.3, -0.25) is 4.90 Å². The molecule has 0 spiro atoms. The minimum atomic E-state index is -0.960. The molecule has 0 aliphatic carbocycles. The van der Waals surface area contributed by atoms with Crippen molar-refractivity contribution >= 4 is 6.09 Å². The van der Waals surface area contributed by atoms with Crippen LogP contribution in [0.1, 0.15) is 13.3 Å². The first kappa shape index (κ1) is 8.79. The lowest BCUT2D eigenvalue weighted by atomic mass is 10.4. The average molecular weight is 141 g/mol. The summed E-state index contributed by atoms with van der Waals surface area (Å²) in [6.07, 6.45) is 1.16. The molecule has 0 aromatic rings. The second kappa shape index (κ2) is 4.65. The molecule has 0 aliphatic rings. The SMILES string of the molecule is C=C=CN(CCC)C(=O)O. The number of carboxylic acid groups (broad SMARTS) is 1. The number of carbonyl (C=O) groups is 1. The lowest BCUT2D eigenvalue weighted by Gasteiger charge is -2.10. The van der Waals surface area contributed by atoms with Crippen LogP contribution < -0.4 is 0 Å². The first-order chi connectivity index (χ1) is 4.72. The van der Waals surface area contributed by atoms with Crippen molar-refractivity contribution < 1.29 is 9.90 Å². The number of hydrogen-bond acceptors (Lipinski definition) is 1. The van der Waals surface area contributed by atoms with Gasteiger partial charge in [0.05, 0.1) is 6.20 Å². The van der Waals surface area contributed by atoms with Crippen molar-refractivity contribution in [3.05, 3.63) is 18.5 Å². The van der Waals surface area contributed by atoms with Gasteiger partial charge in [-0.15, -0.1) is 5.73 Å². The molecule has 56 valence electrons. The molecule has 0 atom stereocenters. The second-order valence-electron chi connectivity index (χ2n) is 1.81. The maximum Gasteiger partial charge on any atom is 0.411 e. The Kier molecular flexibility index (Phi) is 4.09. The van der Waals surface area contributed by atoms with E-state index < -0.39 is 6.09 Å². The van der Waals surface area contributed by atoms with Crippen LogP contribution in [0.3, 0.4) is 0 Å². The van der Waals surface area contributed by atoms with Crippen LogP contribution in [0.2, 0.25) is 0 Å². The van der Waals surface area contributed by atoms with E-state index in [-0.39, 0.29) is 0 Å². The third kappa shape index (κ3) is 2.95. The summed E-state index contributed by atoms with van der Waals surface area (Å²) < 4.78 is 0. The first-order valence-electron chi connectivity index (χ1n) is 3.08. The first-order valence-corrected chi connectivity index (χ1v) is 3.08. The van der Waals surface area contributed by atoms with E-state index >= 15 is 0 Å². The largest absolute Gasteiger partial charge is 0.465 e. The molecule has 0 rings (SSSR count). The fraction of sp³-hybridized carbons (Fsp3) is 0.429. The van der Waals surface area contributed by atoms with E-state index in [0.29, 0.717) is 6.54 Å². The van der Waals surface area contributed by atoms with E-state index in [0.717, 1.165) is 11.3 Å². The molecule has 0 fully saturated rings. The summed E-state index contributed by atoms with van der Waals surface area (Å²) in [7, 11) is 0. The Labute approximate surface area is 60.3 Å². The van der Waals surface area contributed by atoms with Crippen LogP contribution in [0.5, 0.6) is 0 Å². The highest BCUT2D eigenvalue weighted by Crippen LogP contribution is 1.91. The Bertz CT molecular complexity index is 157. The maximum atomic E-state index is 10.3. The average Bonchev–Trinajstić information content (AvgIpc) is 1.87. The lowest BCUT2D eigenvalue weighted by molar-refractivity contribution is 0.163. The van der Waals surface area contributed by atoms with Crippen LogP contribution in [0.25, 0.3) is 0 Å². The Balaban J connectivity index is 3.97. The van der Waals surface area contributed by atoms with Crippen molar-refractivity contribution in [2.45, 2.75) is 13.3 Å². The molecule has 0 heterocycles. The fourth-order valence-corrected chi connectivity index (χ4v) is 0.567. The van der Waals surface area contributed by atoms with Crippen molar-refractivity contribution in [1.29, 1.82) is 0 Å². The van der Waals surface area contributed by atoms with Crippen molar-refractivity contribution in [3.63, 3.8) is 0 Å². The summed E-state index contributed by atoms with van der Waals surface area (Å²) in [5.41, 5.74) is 2.40. The quantitative estimate of drug-likeness (QED) is 0.607. The highest BCUT2D eigenvalue weighted by Gasteiger charge is 2.04. The molecular formula is C7H11NO2. The molecule has 10 heavy (non-hydrogen) atoms. The summed E-state index contributed by atoms with van der Waals surface area (Å²) in [5.74, 6) is 0. The molecule has 1 N–H and O–H groups in total. The number of rotatable bonds is 3. The molecule has 0 saturated heterocycles. The van der Waals surface area contributed by atoms with Crippen molar-refractivity contribution in [2.75, 3.05) is 6.54 Å². The van der Waals surface area contributed by atoms with Gasteiger partial charge in [0.15, 0.2) is 0 Å². The van der Waals surface area contributed by atoms with Gasteiger partial charge in [-0.1, -0.05) is 13.5 Å². The molecule has 3 nitrogen and oxygen atoms in total. The van der Waals surface area contributed by atoms with E-state index in [1.807, 2.05) is 6.92 Å². The molecule has 0 aromatic carbocycles. The van der Waals surface area contributed by atoms with Crippen molar-refractivity contribution in [1.82, 2.24) is 4.90 Å². The van der Waals surface area contributed by atoms with Gasteiger partial charge in [-0.05, 0) is 6.42 Å². The van der Waals surface area contributed by atoms with Gasteiger partial charge in [0.25, 0.3) is 0 Å². The van der Waals surface area contributed by atoms with E-state index in [2.05, 4.69) is 12.3 Å².